The van der Waals surface area contributed by atoms with Crippen LogP contribution in [0.15, 0.2) is 54.6 Å². The smallest absolute Gasteiger partial charge is 0.309 e. The molecule has 2 heterocycles. The van der Waals surface area contributed by atoms with Gasteiger partial charge in [0.15, 0.2) is 0 Å². The molecule has 0 bridgehead atoms. The van der Waals surface area contributed by atoms with Crippen molar-refractivity contribution in [1.82, 2.24) is 14.7 Å². The lowest BCUT2D eigenvalue weighted by molar-refractivity contribution is -0.136. The molecule has 5 rings (SSSR count). The van der Waals surface area contributed by atoms with E-state index in [9.17, 15) is 9.59 Å². The molecular weight excluding hydrogens is 410 g/mol. The van der Waals surface area contributed by atoms with E-state index in [1.807, 2.05) is 23.1 Å². The van der Waals surface area contributed by atoms with Crippen LogP contribution in [0.25, 0.3) is 0 Å². The van der Waals surface area contributed by atoms with Crippen LogP contribution in [0.1, 0.15) is 43.4 Å². The summed E-state index contributed by atoms with van der Waals surface area (Å²) in [4.78, 5) is 33.2. The molecule has 1 aliphatic carbocycles. The first-order chi connectivity index (χ1) is 16.0. The molecule has 0 radical (unpaired) electrons. The summed E-state index contributed by atoms with van der Waals surface area (Å²) in [7, 11) is 0. The third kappa shape index (κ3) is 4.08. The number of hydrogen-bond acceptors (Lipinski definition) is 3. The predicted octanol–water partition coefficient (Wildman–Crippen LogP) is 4.15. The summed E-state index contributed by atoms with van der Waals surface area (Å²) in [6, 6.07) is 19.4. The number of nitrogens with zero attached hydrogens (tertiary/aromatic N) is 3. The highest BCUT2D eigenvalue weighted by atomic mass is 16.2. The Morgan fingerprint density at radius 2 is 1.52 bits per heavy atom. The fraction of sp³-hybridized carbons (Fsp3) is 0.500. The molecule has 0 unspecified atom stereocenters. The van der Waals surface area contributed by atoms with E-state index in [-0.39, 0.29) is 17.9 Å². The molecule has 3 amide bonds. The maximum atomic E-state index is 13.7. The van der Waals surface area contributed by atoms with E-state index >= 15 is 0 Å². The highest BCUT2D eigenvalue weighted by Crippen LogP contribution is 2.39. The molecule has 0 saturated carbocycles. The average molecular weight is 446 g/mol. The molecule has 2 aliphatic heterocycles. The quantitative estimate of drug-likeness (QED) is 0.628. The van der Waals surface area contributed by atoms with Crippen molar-refractivity contribution in [2.24, 2.45) is 5.92 Å². The third-order valence-corrected chi connectivity index (χ3v) is 7.81. The molecule has 0 N–H and O–H groups in total. The first-order valence-corrected chi connectivity index (χ1v) is 12.5. The van der Waals surface area contributed by atoms with Gasteiger partial charge in [0, 0.05) is 32.2 Å². The van der Waals surface area contributed by atoms with E-state index in [4.69, 9.17) is 0 Å². The van der Waals surface area contributed by atoms with Crippen LogP contribution in [0.4, 0.5) is 4.79 Å². The molecular formula is C28H35N3O2. The standard InChI is InChI=1S/C28H35N3O2/c1-21(2)20-30-26(32)28(31(27(30)33)15-12-22-8-4-3-5-9-22)13-16-29(17-14-28)25-18-23-10-6-7-11-24(23)19-25/h3-11,21,25H,12-20H2,1-2H3. The van der Waals surface area contributed by atoms with Gasteiger partial charge in [-0.1, -0.05) is 68.4 Å². The molecule has 1 spiro atoms. The number of amides is 3. The van der Waals surface area contributed by atoms with Gasteiger partial charge < -0.3 is 4.90 Å². The van der Waals surface area contributed by atoms with Gasteiger partial charge in [0.25, 0.3) is 5.91 Å². The minimum absolute atomic E-state index is 0.0311. The molecule has 5 heteroatoms. The van der Waals surface area contributed by atoms with E-state index < -0.39 is 5.54 Å². The minimum atomic E-state index is -0.678. The fourth-order valence-corrected chi connectivity index (χ4v) is 6.04. The summed E-state index contributed by atoms with van der Waals surface area (Å²) in [5.74, 6) is 0.296. The second-order valence-corrected chi connectivity index (χ2v) is 10.4. The monoisotopic (exact) mass is 445 g/mol. The predicted molar refractivity (Wildman–Crippen MR) is 130 cm³/mol. The Balaban J connectivity index is 1.32. The fourth-order valence-electron chi connectivity index (χ4n) is 6.04. The third-order valence-electron chi connectivity index (χ3n) is 7.81. The molecule has 2 fully saturated rings. The van der Waals surface area contributed by atoms with Crippen molar-refractivity contribution >= 4 is 11.9 Å². The first kappa shape index (κ1) is 22.1. The maximum Gasteiger partial charge on any atom is 0.327 e. The van der Waals surface area contributed by atoms with E-state index in [0.717, 1.165) is 45.2 Å². The lowest BCUT2D eigenvalue weighted by Crippen LogP contribution is -2.58. The molecule has 0 aromatic heterocycles. The van der Waals surface area contributed by atoms with Gasteiger partial charge in [-0.3, -0.25) is 14.6 Å². The topological polar surface area (TPSA) is 43.9 Å². The summed E-state index contributed by atoms with van der Waals surface area (Å²) >= 11 is 0. The Hall–Kier alpha value is -2.66. The van der Waals surface area contributed by atoms with Gasteiger partial charge in [0.05, 0.1) is 0 Å². The Labute approximate surface area is 197 Å². The van der Waals surface area contributed by atoms with Crippen molar-refractivity contribution < 1.29 is 9.59 Å². The van der Waals surface area contributed by atoms with Crippen molar-refractivity contribution in [2.75, 3.05) is 26.2 Å². The van der Waals surface area contributed by atoms with Crippen molar-refractivity contribution in [3.05, 3.63) is 71.3 Å². The van der Waals surface area contributed by atoms with Crippen LogP contribution in [0.3, 0.4) is 0 Å². The number of imide groups is 1. The molecule has 33 heavy (non-hydrogen) atoms. The zero-order valence-electron chi connectivity index (χ0n) is 19.9. The average Bonchev–Trinajstić information content (AvgIpc) is 3.33. The number of hydrogen-bond donors (Lipinski definition) is 0. The van der Waals surface area contributed by atoms with Crippen LogP contribution in [0.5, 0.6) is 0 Å². The van der Waals surface area contributed by atoms with Gasteiger partial charge in [-0.2, -0.15) is 0 Å². The molecule has 174 valence electrons. The number of benzene rings is 2. The Morgan fingerprint density at radius 3 is 2.12 bits per heavy atom. The highest BCUT2D eigenvalue weighted by molar-refractivity contribution is 6.07. The van der Waals surface area contributed by atoms with Gasteiger partial charge in [-0.25, -0.2) is 4.79 Å². The SMILES string of the molecule is CC(C)CN1C(=O)N(CCc2ccccc2)C2(CCN(C3Cc4ccccc4C3)CC2)C1=O. The van der Waals surface area contributed by atoms with Crippen molar-refractivity contribution in [3.63, 3.8) is 0 Å². The number of rotatable bonds is 6. The van der Waals surface area contributed by atoms with E-state index in [0.29, 0.717) is 19.1 Å². The van der Waals surface area contributed by atoms with Crippen LogP contribution in [0.2, 0.25) is 0 Å². The van der Waals surface area contributed by atoms with E-state index in [1.165, 1.54) is 21.6 Å². The zero-order valence-corrected chi connectivity index (χ0v) is 19.9. The van der Waals surface area contributed by atoms with Crippen LogP contribution >= 0.6 is 0 Å². The van der Waals surface area contributed by atoms with Gasteiger partial charge in [-0.15, -0.1) is 0 Å². The summed E-state index contributed by atoms with van der Waals surface area (Å²) in [5.41, 5.74) is 3.45. The van der Waals surface area contributed by atoms with Crippen LogP contribution in [0, 0.1) is 5.92 Å². The normalized spacial score (nSPS) is 20.9. The largest absolute Gasteiger partial charge is 0.327 e. The number of likely N-dealkylation sites (tertiary alicyclic amines) is 1. The summed E-state index contributed by atoms with van der Waals surface area (Å²) in [6.07, 6.45) is 4.42. The van der Waals surface area contributed by atoms with Crippen molar-refractivity contribution in [3.8, 4) is 0 Å². The number of fused-ring (bicyclic) bond motifs is 1. The molecule has 5 nitrogen and oxygen atoms in total. The summed E-state index contributed by atoms with van der Waals surface area (Å²) in [6.45, 7) is 6.98. The van der Waals surface area contributed by atoms with Gasteiger partial charge in [0.1, 0.15) is 5.54 Å². The number of carbonyl (C=O) groups excluding carboxylic acids is 2. The summed E-state index contributed by atoms with van der Waals surface area (Å²) < 4.78 is 0. The summed E-state index contributed by atoms with van der Waals surface area (Å²) in [5, 5.41) is 0. The minimum Gasteiger partial charge on any atom is -0.309 e. The van der Waals surface area contributed by atoms with Gasteiger partial charge in [0.2, 0.25) is 0 Å². The Bertz CT molecular complexity index is 986. The second-order valence-electron chi connectivity index (χ2n) is 10.4. The Morgan fingerprint density at radius 1 is 0.909 bits per heavy atom. The molecule has 3 aliphatic rings. The van der Waals surface area contributed by atoms with Crippen LogP contribution in [-0.4, -0.2) is 64.4 Å². The lowest BCUT2D eigenvalue weighted by atomic mass is 9.84. The lowest BCUT2D eigenvalue weighted by Gasteiger charge is -2.44. The molecule has 2 aromatic carbocycles. The van der Waals surface area contributed by atoms with Gasteiger partial charge >= 0.3 is 6.03 Å². The van der Waals surface area contributed by atoms with E-state index in [1.54, 1.807) is 0 Å². The van der Waals surface area contributed by atoms with Crippen LogP contribution < -0.4 is 0 Å². The number of piperidine rings is 1. The Kier molecular flexibility index (Phi) is 6.00. The van der Waals surface area contributed by atoms with Crippen molar-refractivity contribution in [2.45, 2.75) is 57.5 Å². The highest BCUT2D eigenvalue weighted by Gasteiger charge is 2.58. The first-order valence-electron chi connectivity index (χ1n) is 12.5. The molecule has 0 atom stereocenters. The van der Waals surface area contributed by atoms with Gasteiger partial charge in [-0.05, 0) is 54.7 Å². The van der Waals surface area contributed by atoms with E-state index in [2.05, 4.69) is 55.1 Å². The zero-order chi connectivity index (χ0) is 23.0. The number of urea groups is 1. The van der Waals surface area contributed by atoms with Crippen LogP contribution in [-0.2, 0) is 24.1 Å². The number of carbonyl (C=O) groups is 2. The molecule has 2 aromatic rings. The van der Waals surface area contributed by atoms with Crippen molar-refractivity contribution in [1.29, 1.82) is 0 Å². The second kappa shape index (κ2) is 8.94. The molecule has 2 saturated heterocycles. The maximum absolute atomic E-state index is 13.7.